The fraction of sp³-hybridized carbons (Fsp3) is 0.632. The summed E-state index contributed by atoms with van der Waals surface area (Å²) in [5, 5.41) is 12.0. The zero-order valence-electron chi connectivity index (χ0n) is 16.6. The Labute approximate surface area is 155 Å². The van der Waals surface area contributed by atoms with Gasteiger partial charge in [-0.2, -0.15) is 10.2 Å². The minimum Gasteiger partial charge on any atom is -0.343 e. The highest BCUT2D eigenvalue weighted by Crippen LogP contribution is 2.24. The van der Waals surface area contributed by atoms with Crippen LogP contribution in [0.15, 0.2) is 0 Å². The van der Waals surface area contributed by atoms with Crippen LogP contribution in [0.2, 0.25) is 0 Å². The molecule has 0 fully saturated rings. The van der Waals surface area contributed by atoms with E-state index in [9.17, 15) is 4.79 Å². The standard InChI is InChI=1S/C19H30N6O/c1-6-9-25-17-8-11-24(10-7-15-13(2)20-21-14(15)3)12-16(17)18(22-25)19(26)23(4)5/h6-12H2,1-5H3,(H,20,21). The number of nitrogens with zero attached hydrogens (tertiary/aromatic N) is 5. The summed E-state index contributed by atoms with van der Waals surface area (Å²) in [6.45, 7) is 9.91. The van der Waals surface area contributed by atoms with Crippen molar-refractivity contribution in [3.63, 3.8) is 0 Å². The van der Waals surface area contributed by atoms with Crippen molar-refractivity contribution in [3.05, 3.63) is 33.9 Å². The molecular weight excluding hydrogens is 328 g/mol. The first kappa shape index (κ1) is 18.6. The fourth-order valence-corrected chi connectivity index (χ4v) is 3.73. The average molecular weight is 358 g/mol. The Morgan fingerprint density at radius 2 is 2.04 bits per heavy atom. The molecule has 0 unspecified atom stereocenters. The van der Waals surface area contributed by atoms with Crippen LogP contribution in [0.3, 0.4) is 0 Å². The molecule has 1 N–H and O–H groups in total. The van der Waals surface area contributed by atoms with E-state index < -0.39 is 0 Å². The normalized spacial score (nSPS) is 14.5. The third-order valence-electron chi connectivity index (χ3n) is 5.22. The average Bonchev–Trinajstić information content (AvgIpc) is 3.13. The zero-order valence-corrected chi connectivity index (χ0v) is 16.6. The van der Waals surface area contributed by atoms with E-state index in [4.69, 9.17) is 0 Å². The Morgan fingerprint density at radius 1 is 1.27 bits per heavy atom. The van der Waals surface area contributed by atoms with Gasteiger partial charge < -0.3 is 4.90 Å². The van der Waals surface area contributed by atoms with E-state index in [-0.39, 0.29) is 5.91 Å². The van der Waals surface area contributed by atoms with Crippen LogP contribution in [-0.2, 0) is 25.9 Å². The van der Waals surface area contributed by atoms with E-state index in [1.165, 1.54) is 11.3 Å². The zero-order chi connectivity index (χ0) is 18.8. The first-order valence-corrected chi connectivity index (χ1v) is 9.45. The molecule has 1 aliphatic rings. The largest absolute Gasteiger partial charge is 0.343 e. The lowest BCUT2D eigenvalue weighted by Crippen LogP contribution is -2.34. The molecular formula is C19H30N6O. The molecule has 1 aliphatic heterocycles. The molecule has 26 heavy (non-hydrogen) atoms. The van der Waals surface area contributed by atoms with Crippen LogP contribution >= 0.6 is 0 Å². The number of rotatable bonds is 6. The third-order valence-corrected chi connectivity index (χ3v) is 5.22. The SMILES string of the molecule is CCCn1nc(C(=O)N(C)C)c2c1CCN(CCc1c(C)n[nH]c1C)C2. The molecule has 0 atom stereocenters. The van der Waals surface area contributed by atoms with Gasteiger partial charge >= 0.3 is 0 Å². The summed E-state index contributed by atoms with van der Waals surface area (Å²) in [5.41, 5.74) is 6.52. The highest BCUT2D eigenvalue weighted by atomic mass is 16.2. The smallest absolute Gasteiger partial charge is 0.274 e. The van der Waals surface area contributed by atoms with Crippen LogP contribution in [0.1, 0.15) is 52.0 Å². The Hall–Kier alpha value is -2.15. The van der Waals surface area contributed by atoms with E-state index >= 15 is 0 Å². The maximum atomic E-state index is 12.6. The van der Waals surface area contributed by atoms with Gasteiger partial charge in [0.2, 0.25) is 0 Å². The van der Waals surface area contributed by atoms with Gasteiger partial charge in [-0.25, -0.2) is 0 Å². The number of hydrogen-bond donors (Lipinski definition) is 1. The van der Waals surface area contributed by atoms with Crippen molar-refractivity contribution in [3.8, 4) is 0 Å². The molecule has 3 rings (SSSR count). The number of amides is 1. The number of aromatic nitrogens is 4. The monoisotopic (exact) mass is 358 g/mol. The topological polar surface area (TPSA) is 70.1 Å². The summed E-state index contributed by atoms with van der Waals surface area (Å²) in [6.07, 6.45) is 2.95. The highest BCUT2D eigenvalue weighted by molar-refractivity contribution is 5.93. The minimum absolute atomic E-state index is 0.000485. The van der Waals surface area contributed by atoms with Gasteiger partial charge in [0.1, 0.15) is 0 Å². The number of H-pyrrole nitrogens is 1. The third kappa shape index (κ3) is 3.53. The van der Waals surface area contributed by atoms with Gasteiger partial charge in [-0.15, -0.1) is 0 Å². The molecule has 2 aromatic rings. The van der Waals surface area contributed by atoms with Crippen LogP contribution in [0.5, 0.6) is 0 Å². The Bertz CT molecular complexity index is 769. The van der Waals surface area contributed by atoms with Gasteiger partial charge in [0.05, 0.1) is 5.69 Å². The van der Waals surface area contributed by atoms with Crippen molar-refractivity contribution < 1.29 is 4.79 Å². The number of carbonyl (C=O) groups is 1. The summed E-state index contributed by atoms with van der Waals surface area (Å²) in [5.74, 6) is -0.000485. The van der Waals surface area contributed by atoms with E-state index in [1.54, 1.807) is 19.0 Å². The van der Waals surface area contributed by atoms with Crippen molar-refractivity contribution in [1.82, 2.24) is 29.8 Å². The summed E-state index contributed by atoms with van der Waals surface area (Å²) < 4.78 is 2.05. The summed E-state index contributed by atoms with van der Waals surface area (Å²) in [7, 11) is 3.58. The Morgan fingerprint density at radius 3 is 2.65 bits per heavy atom. The second-order valence-corrected chi connectivity index (χ2v) is 7.39. The predicted molar refractivity (Wildman–Crippen MR) is 101 cm³/mol. The van der Waals surface area contributed by atoms with Gasteiger partial charge in [0.15, 0.2) is 5.69 Å². The van der Waals surface area contributed by atoms with Crippen LogP contribution in [0, 0.1) is 13.8 Å². The van der Waals surface area contributed by atoms with Gasteiger partial charge in [-0.1, -0.05) is 6.92 Å². The van der Waals surface area contributed by atoms with E-state index in [1.807, 2.05) is 4.68 Å². The minimum atomic E-state index is -0.000485. The molecule has 2 aromatic heterocycles. The Kier molecular flexibility index (Phi) is 5.46. The molecule has 0 radical (unpaired) electrons. The molecule has 0 aromatic carbocycles. The number of aromatic amines is 1. The number of nitrogens with one attached hydrogen (secondary N) is 1. The van der Waals surface area contributed by atoms with Gasteiger partial charge in [0, 0.05) is 63.6 Å². The number of hydrogen-bond acceptors (Lipinski definition) is 4. The molecule has 142 valence electrons. The predicted octanol–water partition coefficient (Wildman–Crippen LogP) is 1.94. The lowest BCUT2D eigenvalue weighted by Gasteiger charge is -2.28. The highest BCUT2D eigenvalue weighted by Gasteiger charge is 2.28. The molecule has 7 heteroatoms. The number of fused-ring (bicyclic) bond motifs is 1. The van der Waals surface area contributed by atoms with Crippen LogP contribution in [0.25, 0.3) is 0 Å². The summed E-state index contributed by atoms with van der Waals surface area (Å²) in [6, 6.07) is 0. The molecule has 1 amide bonds. The molecule has 0 spiro atoms. The first-order chi connectivity index (χ1) is 12.4. The molecule has 0 saturated heterocycles. The van der Waals surface area contributed by atoms with Crippen molar-refractivity contribution in [1.29, 1.82) is 0 Å². The molecule has 3 heterocycles. The lowest BCUT2D eigenvalue weighted by atomic mass is 10.0. The fourth-order valence-electron chi connectivity index (χ4n) is 3.73. The lowest BCUT2D eigenvalue weighted by molar-refractivity contribution is 0.0818. The molecule has 0 bridgehead atoms. The quantitative estimate of drug-likeness (QED) is 0.857. The molecule has 0 aliphatic carbocycles. The summed E-state index contributed by atoms with van der Waals surface area (Å²) in [4.78, 5) is 16.6. The van der Waals surface area contributed by atoms with Crippen molar-refractivity contribution in [2.24, 2.45) is 0 Å². The van der Waals surface area contributed by atoms with E-state index in [2.05, 4.69) is 41.0 Å². The number of aryl methyl sites for hydroxylation is 3. The van der Waals surface area contributed by atoms with Gasteiger partial charge in [-0.3, -0.25) is 19.5 Å². The van der Waals surface area contributed by atoms with Gasteiger partial charge in [0.25, 0.3) is 5.91 Å². The van der Waals surface area contributed by atoms with E-state index in [0.29, 0.717) is 5.69 Å². The number of carbonyl (C=O) groups excluding carboxylic acids is 1. The first-order valence-electron chi connectivity index (χ1n) is 9.45. The van der Waals surface area contributed by atoms with Crippen LogP contribution in [0.4, 0.5) is 0 Å². The van der Waals surface area contributed by atoms with Crippen LogP contribution in [-0.4, -0.2) is 62.9 Å². The van der Waals surface area contributed by atoms with Gasteiger partial charge in [-0.05, 0) is 32.3 Å². The van der Waals surface area contributed by atoms with Crippen LogP contribution < -0.4 is 0 Å². The maximum absolute atomic E-state index is 12.6. The second-order valence-electron chi connectivity index (χ2n) is 7.39. The van der Waals surface area contributed by atoms with Crippen molar-refractivity contribution >= 4 is 5.91 Å². The molecule has 0 saturated carbocycles. The van der Waals surface area contributed by atoms with E-state index in [0.717, 1.165) is 62.4 Å². The Balaban J connectivity index is 1.79. The molecule has 7 nitrogen and oxygen atoms in total. The second kappa shape index (κ2) is 7.61. The van der Waals surface area contributed by atoms with Crippen molar-refractivity contribution in [2.45, 2.75) is 53.1 Å². The summed E-state index contributed by atoms with van der Waals surface area (Å²) >= 11 is 0. The maximum Gasteiger partial charge on any atom is 0.274 e. The van der Waals surface area contributed by atoms with Crippen molar-refractivity contribution in [2.75, 3.05) is 27.2 Å².